The largest absolute Gasteiger partial charge is 0.329 e. The molecular weight excluding hydrogens is 252 g/mol. The highest BCUT2D eigenvalue weighted by atomic mass is 32.1. The zero-order chi connectivity index (χ0) is 14.0. The first-order valence-electron chi connectivity index (χ1n) is 7.45. The molecule has 1 aromatic rings. The summed E-state index contributed by atoms with van der Waals surface area (Å²) in [4.78, 5) is 3.99. The van der Waals surface area contributed by atoms with Gasteiger partial charge in [0.25, 0.3) is 0 Å². The fourth-order valence-corrected chi connectivity index (χ4v) is 4.79. The number of rotatable bonds is 4. The van der Waals surface area contributed by atoms with Gasteiger partial charge >= 0.3 is 0 Å². The van der Waals surface area contributed by atoms with E-state index in [1.54, 1.807) is 0 Å². The fourth-order valence-electron chi connectivity index (χ4n) is 3.96. The molecule has 108 valence electrons. The first-order chi connectivity index (χ1) is 8.98. The maximum absolute atomic E-state index is 6.22. The fraction of sp³-hybridized carbons (Fsp3) is 0.750. The molecular formula is C16H28N2S. The summed E-state index contributed by atoms with van der Waals surface area (Å²) in [6, 6.07) is 4.85. The van der Waals surface area contributed by atoms with Crippen LogP contribution in [0.25, 0.3) is 0 Å². The minimum absolute atomic E-state index is 0.181. The molecule has 2 N–H and O–H groups in total. The molecule has 1 fully saturated rings. The number of nitrogens with zero attached hydrogens (tertiary/aromatic N) is 1. The van der Waals surface area contributed by atoms with Gasteiger partial charge in [0.1, 0.15) is 0 Å². The van der Waals surface area contributed by atoms with Crippen molar-refractivity contribution in [2.45, 2.75) is 51.6 Å². The maximum Gasteiger partial charge on any atom is 0.0416 e. The Labute approximate surface area is 122 Å². The van der Waals surface area contributed by atoms with Crippen LogP contribution in [0.1, 0.15) is 51.0 Å². The summed E-state index contributed by atoms with van der Waals surface area (Å²) in [5.74, 6) is 1.57. The van der Waals surface area contributed by atoms with Crippen LogP contribution < -0.4 is 5.73 Å². The highest BCUT2D eigenvalue weighted by molar-refractivity contribution is 7.10. The summed E-state index contributed by atoms with van der Waals surface area (Å²) in [5, 5.41) is 2.17. The summed E-state index contributed by atoms with van der Waals surface area (Å²) >= 11 is 1.85. The molecule has 0 aromatic carbocycles. The molecule has 1 saturated carbocycles. The van der Waals surface area contributed by atoms with Crippen LogP contribution in [0, 0.1) is 11.8 Å². The van der Waals surface area contributed by atoms with Crippen molar-refractivity contribution in [1.29, 1.82) is 0 Å². The molecule has 0 radical (unpaired) electrons. The van der Waals surface area contributed by atoms with Crippen LogP contribution in [-0.4, -0.2) is 24.0 Å². The van der Waals surface area contributed by atoms with E-state index in [4.69, 9.17) is 5.73 Å². The van der Waals surface area contributed by atoms with Crippen molar-refractivity contribution in [3.63, 3.8) is 0 Å². The van der Waals surface area contributed by atoms with E-state index in [2.05, 4.69) is 50.2 Å². The Hall–Kier alpha value is -0.380. The van der Waals surface area contributed by atoms with E-state index < -0.39 is 0 Å². The van der Waals surface area contributed by atoms with Crippen LogP contribution in [0.5, 0.6) is 0 Å². The summed E-state index contributed by atoms with van der Waals surface area (Å²) in [5.41, 5.74) is 6.40. The number of nitrogens with two attached hydrogens (primary N) is 1. The normalized spacial score (nSPS) is 33.6. The third-order valence-corrected chi connectivity index (χ3v) is 5.97. The monoisotopic (exact) mass is 280 g/mol. The van der Waals surface area contributed by atoms with Gasteiger partial charge < -0.3 is 5.73 Å². The number of thiophene rings is 1. The van der Waals surface area contributed by atoms with Crippen molar-refractivity contribution < 1.29 is 0 Å². The zero-order valence-corrected chi connectivity index (χ0v) is 13.5. The van der Waals surface area contributed by atoms with Gasteiger partial charge in [-0.2, -0.15) is 0 Å². The molecule has 3 atom stereocenters. The van der Waals surface area contributed by atoms with Crippen LogP contribution >= 0.6 is 11.3 Å². The Bertz CT molecular complexity index is 377. The second-order valence-corrected chi connectivity index (χ2v) is 7.56. The molecule has 0 amide bonds. The highest BCUT2D eigenvalue weighted by Crippen LogP contribution is 2.42. The van der Waals surface area contributed by atoms with Gasteiger partial charge in [-0.3, -0.25) is 4.90 Å². The van der Waals surface area contributed by atoms with Crippen LogP contribution in [-0.2, 0) is 0 Å². The number of hydrogen-bond acceptors (Lipinski definition) is 3. The van der Waals surface area contributed by atoms with Gasteiger partial charge in [0.05, 0.1) is 0 Å². The predicted molar refractivity (Wildman–Crippen MR) is 84.5 cm³/mol. The molecule has 0 saturated heterocycles. The van der Waals surface area contributed by atoms with Crippen molar-refractivity contribution in [2.75, 3.05) is 13.6 Å². The maximum atomic E-state index is 6.22. The minimum atomic E-state index is 0.181. The molecule has 2 nitrogen and oxygen atoms in total. The van der Waals surface area contributed by atoms with E-state index >= 15 is 0 Å². The van der Waals surface area contributed by atoms with Gasteiger partial charge in [-0.05, 0) is 56.5 Å². The average molecular weight is 280 g/mol. The van der Waals surface area contributed by atoms with Gasteiger partial charge in [0.2, 0.25) is 0 Å². The van der Waals surface area contributed by atoms with E-state index in [1.807, 2.05) is 11.3 Å². The molecule has 1 aliphatic rings. The highest BCUT2D eigenvalue weighted by Gasteiger charge is 2.41. The summed E-state index contributed by atoms with van der Waals surface area (Å²) < 4.78 is 0. The minimum Gasteiger partial charge on any atom is -0.329 e. The molecule has 0 aliphatic heterocycles. The Kier molecular flexibility index (Phi) is 4.70. The van der Waals surface area contributed by atoms with Gasteiger partial charge in [0, 0.05) is 23.0 Å². The molecule has 3 unspecified atom stereocenters. The Balaban J connectivity index is 2.20. The van der Waals surface area contributed by atoms with E-state index in [9.17, 15) is 0 Å². The molecule has 1 aromatic heterocycles. The van der Waals surface area contributed by atoms with E-state index in [0.29, 0.717) is 6.04 Å². The van der Waals surface area contributed by atoms with Crippen molar-refractivity contribution in [2.24, 2.45) is 17.6 Å². The van der Waals surface area contributed by atoms with Crippen molar-refractivity contribution >= 4 is 11.3 Å². The molecule has 1 aliphatic carbocycles. The summed E-state index contributed by atoms with van der Waals surface area (Å²) in [6.45, 7) is 7.84. The molecule has 2 rings (SSSR count). The quantitative estimate of drug-likeness (QED) is 0.906. The number of likely N-dealkylation sites (N-methyl/N-ethyl adjacent to an activating group) is 1. The van der Waals surface area contributed by atoms with Gasteiger partial charge in [-0.25, -0.2) is 0 Å². The Morgan fingerprint density at radius 2 is 2.05 bits per heavy atom. The van der Waals surface area contributed by atoms with Crippen molar-refractivity contribution in [3.8, 4) is 0 Å². The second kappa shape index (κ2) is 5.94. The van der Waals surface area contributed by atoms with E-state index in [1.165, 1.54) is 24.1 Å². The van der Waals surface area contributed by atoms with Crippen LogP contribution in [0.4, 0.5) is 0 Å². The predicted octanol–water partition coefficient (Wildman–Crippen LogP) is 3.89. The molecule has 3 heteroatoms. The molecule has 0 spiro atoms. The van der Waals surface area contributed by atoms with Crippen LogP contribution in [0.15, 0.2) is 17.5 Å². The Morgan fingerprint density at radius 3 is 2.53 bits per heavy atom. The lowest BCUT2D eigenvalue weighted by Gasteiger charge is -2.50. The molecule has 1 heterocycles. The van der Waals surface area contributed by atoms with Crippen LogP contribution in [0.3, 0.4) is 0 Å². The average Bonchev–Trinajstić information content (AvgIpc) is 2.89. The van der Waals surface area contributed by atoms with Crippen LogP contribution in [0.2, 0.25) is 0 Å². The lowest BCUT2D eigenvalue weighted by atomic mass is 9.70. The SMILES string of the molecule is CC1CC(C)CC(CN)(N(C)C(C)c2cccs2)C1. The smallest absolute Gasteiger partial charge is 0.0416 e. The lowest BCUT2D eigenvalue weighted by Crippen LogP contribution is -2.56. The molecule has 0 bridgehead atoms. The van der Waals surface area contributed by atoms with Gasteiger partial charge in [-0.1, -0.05) is 19.9 Å². The first kappa shape index (κ1) is 15.0. The third kappa shape index (κ3) is 3.04. The van der Waals surface area contributed by atoms with Gasteiger partial charge in [-0.15, -0.1) is 11.3 Å². The Morgan fingerprint density at radius 1 is 1.42 bits per heavy atom. The second-order valence-electron chi connectivity index (χ2n) is 6.59. The summed E-state index contributed by atoms with van der Waals surface area (Å²) in [7, 11) is 2.27. The lowest BCUT2D eigenvalue weighted by molar-refractivity contribution is 0.0139. The van der Waals surface area contributed by atoms with E-state index in [0.717, 1.165) is 18.4 Å². The third-order valence-electron chi connectivity index (χ3n) is 4.93. The van der Waals surface area contributed by atoms with Crippen molar-refractivity contribution in [3.05, 3.63) is 22.4 Å². The van der Waals surface area contributed by atoms with E-state index in [-0.39, 0.29) is 5.54 Å². The van der Waals surface area contributed by atoms with Crippen molar-refractivity contribution in [1.82, 2.24) is 4.90 Å². The standard InChI is InChI=1S/C16H28N2S/c1-12-8-13(2)10-16(9-12,11-17)18(4)14(3)15-6-5-7-19-15/h5-7,12-14H,8-11,17H2,1-4H3. The summed E-state index contributed by atoms with van der Waals surface area (Å²) in [6.07, 6.45) is 3.82. The molecule has 19 heavy (non-hydrogen) atoms. The van der Waals surface area contributed by atoms with Gasteiger partial charge in [0.15, 0.2) is 0 Å². The topological polar surface area (TPSA) is 29.3 Å². The number of hydrogen-bond donors (Lipinski definition) is 1. The zero-order valence-electron chi connectivity index (χ0n) is 12.7. The first-order valence-corrected chi connectivity index (χ1v) is 8.33.